The zero-order chi connectivity index (χ0) is 18.3. The van der Waals surface area contributed by atoms with Crippen molar-refractivity contribution in [3.63, 3.8) is 0 Å². The van der Waals surface area contributed by atoms with Gasteiger partial charge in [0, 0.05) is 26.2 Å². The van der Waals surface area contributed by atoms with Crippen molar-refractivity contribution in [2.75, 3.05) is 32.8 Å². The van der Waals surface area contributed by atoms with Gasteiger partial charge in [0.1, 0.15) is 0 Å². The Morgan fingerprint density at radius 3 is 1.14 bits per heavy atom. The first-order valence-electron chi connectivity index (χ1n) is 13.1. The molecule has 0 N–H and O–H groups in total. The standard InChI is InChI=1S/C26H42N2/c1-2-27(16-25-10-19-4-20(11-25)6-21(5-19)12-25)18-28(3-1)17-26-13-22-7-23(14-26)9-24(8-22)15-26/h19-24H,1-18H2. The molecule has 1 saturated heterocycles. The Morgan fingerprint density at radius 2 is 0.821 bits per heavy atom. The van der Waals surface area contributed by atoms with Crippen LogP contribution in [0.15, 0.2) is 0 Å². The van der Waals surface area contributed by atoms with E-state index in [1.165, 1.54) is 39.3 Å². The van der Waals surface area contributed by atoms with Gasteiger partial charge in [-0.2, -0.15) is 0 Å². The van der Waals surface area contributed by atoms with Gasteiger partial charge in [0.25, 0.3) is 0 Å². The fourth-order valence-corrected chi connectivity index (χ4v) is 11.1. The minimum Gasteiger partial charge on any atom is -0.290 e. The Kier molecular flexibility index (Phi) is 3.91. The van der Waals surface area contributed by atoms with Crippen molar-refractivity contribution in [1.82, 2.24) is 9.80 Å². The maximum atomic E-state index is 2.93. The maximum Gasteiger partial charge on any atom is 0.0506 e. The summed E-state index contributed by atoms with van der Waals surface area (Å²) in [7, 11) is 0. The van der Waals surface area contributed by atoms with E-state index >= 15 is 0 Å². The molecule has 0 aromatic carbocycles. The van der Waals surface area contributed by atoms with Crippen molar-refractivity contribution in [2.24, 2.45) is 46.3 Å². The minimum absolute atomic E-state index is 0.735. The number of hydrogen-bond donors (Lipinski definition) is 0. The molecule has 0 atom stereocenters. The monoisotopic (exact) mass is 382 g/mol. The molecule has 0 unspecified atom stereocenters. The van der Waals surface area contributed by atoms with Crippen LogP contribution in [-0.2, 0) is 0 Å². The molecule has 0 aromatic heterocycles. The van der Waals surface area contributed by atoms with Crippen LogP contribution in [0.1, 0.15) is 83.5 Å². The summed E-state index contributed by atoms with van der Waals surface area (Å²) >= 11 is 0. The predicted molar refractivity (Wildman–Crippen MR) is 114 cm³/mol. The average molecular weight is 383 g/mol. The first kappa shape index (κ1) is 17.6. The number of hydrogen-bond acceptors (Lipinski definition) is 2. The molecule has 1 aliphatic heterocycles. The van der Waals surface area contributed by atoms with Gasteiger partial charge in [0.15, 0.2) is 0 Å². The lowest BCUT2D eigenvalue weighted by atomic mass is 9.49. The Labute approximate surface area is 172 Å². The van der Waals surface area contributed by atoms with Crippen LogP contribution in [0.5, 0.6) is 0 Å². The van der Waals surface area contributed by atoms with Gasteiger partial charge in [-0.05, 0) is 130 Å². The molecule has 0 amide bonds. The van der Waals surface area contributed by atoms with Crippen molar-refractivity contribution < 1.29 is 0 Å². The van der Waals surface area contributed by atoms with E-state index in [0.717, 1.165) is 46.3 Å². The van der Waals surface area contributed by atoms with Gasteiger partial charge >= 0.3 is 0 Å². The molecular weight excluding hydrogens is 340 g/mol. The molecule has 8 saturated carbocycles. The summed E-state index contributed by atoms with van der Waals surface area (Å²) in [6.07, 6.45) is 20.5. The molecule has 0 radical (unpaired) electrons. The lowest BCUT2D eigenvalue weighted by molar-refractivity contribution is -0.0973. The van der Waals surface area contributed by atoms with Crippen LogP contribution in [0.25, 0.3) is 0 Å². The van der Waals surface area contributed by atoms with Gasteiger partial charge in [0.2, 0.25) is 0 Å². The van der Waals surface area contributed by atoms with E-state index in [1.807, 2.05) is 0 Å². The fraction of sp³-hybridized carbons (Fsp3) is 1.00. The SMILES string of the molecule is C1CN(CC23CC4CC(CC(C4)C2)C3)CN(CC23CC4CC(CC(C4)C2)C3)C1. The summed E-state index contributed by atoms with van der Waals surface area (Å²) in [6, 6.07) is 0. The highest BCUT2D eigenvalue weighted by Crippen LogP contribution is 2.61. The number of nitrogens with zero attached hydrogens (tertiary/aromatic N) is 2. The van der Waals surface area contributed by atoms with Gasteiger partial charge in [-0.15, -0.1) is 0 Å². The molecule has 0 spiro atoms. The van der Waals surface area contributed by atoms with E-state index in [2.05, 4.69) is 9.80 Å². The van der Waals surface area contributed by atoms with Crippen LogP contribution >= 0.6 is 0 Å². The lowest BCUT2D eigenvalue weighted by Gasteiger charge is -2.59. The zero-order valence-corrected chi connectivity index (χ0v) is 18.1. The molecule has 8 bridgehead atoms. The molecule has 2 nitrogen and oxygen atoms in total. The molecule has 9 aliphatic rings. The highest BCUT2D eigenvalue weighted by molar-refractivity contribution is 5.04. The Morgan fingerprint density at radius 1 is 0.500 bits per heavy atom. The second kappa shape index (κ2) is 6.22. The third-order valence-electron chi connectivity index (χ3n) is 10.8. The van der Waals surface area contributed by atoms with Gasteiger partial charge in [-0.3, -0.25) is 9.80 Å². The smallest absolute Gasteiger partial charge is 0.0506 e. The summed E-state index contributed by atoms with van der Waals surface area (Å²) < 4.78 is 0. The van der Waals surface area contributed by atoms with Gasteiger partial charge in [-0.1, -0.05) is 0 Å². The van der Waals surface area contributed by atoms with E-state index in [0.29, 0.717) is 0 Å². The van der Waals surface area contributed by atoms with Gasteiger partial charge in [0.05, 0.1) is 6.67 Å². The van der Waals surface area contributed by atoms with Crippen LogP contribution in [-0.4, -0.2) is 42.6 Å². The van der Waals surface area contributed by atoms with Crippen LogP contribution < -0.4 is 0 Å². The van der Waals surface area contributed by atoms with Crippen LogP contribution in [0.4, 0.5) is 0 Å². The summed E-state index contributed by atoms with van der Waals surface area (Å²) in [5, 5.41) is 0. The molecule has 0 aromatic rings. The molecular formula is C26H42N2. The second-order valence-corrected chi connectivity index (χ2v) is 13.4. The predicted octanol–water partition coefficient (Wildman–Crippen LogP) is 5.38. The summed E-state index contributed by atoms with van der Waals surface area (Å²) in [5.74, 6) is 6.66. The van der Waals surface area contributed by atoms with Crippen molar-refractivity contribution in [3.05, 3.63) is 0 Å². The van der Waals surface area contributed by atoms with E-state index in [-0.39, 0.29) is 0 Å². The third kappa shape index (κ3) is 2.95. The molecule has 28 heavy (non-hydrogen) atoms. The van der Waals surface area contributed by atoms with Gasteiger partial charge < -0.3 is 0 Å². The molecule has 2 heteroatoms. The third-order valence-corrected chi connectivity index (χ3v) is 10.8. The average Bonchev–Trinajstić information content (AvgIpc) is 2.58. The van der Waals surface area contributed by atoms with Crippen LogP contribution in [0.3, 0.4) is 0 Å². The highest BCUT2D eigenvalue weighted by Gasteiger charge is 2.53. The normalized spacial score (nSPS) is 55.3. The largest absolute Gasteiger partial charge is 0.290 e. The van der Waals surface area contributed by atoms with Crippen molar-refractivity contribution in [3.8, 4) is 0 Å². The van der Waals surface area contributed by atoms with Crippen LogP contribution in [0, 0.1) is 46.3 Å². The molecule has 8 aliphatic carbocycles. The van der Waals surface area contributed by atoms with Crippen molar-refractivity contribution in [2.45, 2.75) is 83.5 Å². The van der Waals surface area contributed by atoms with E-state index in [1.54, 1.807) is 77.0 Å². The fourth-order valence-electron chi connectivity index (χ4n) is 11.1. The number of rotatable bonds is 4. The Balaban J connectivity index is 1.03. The zero-order valence-electron chi connectivity index (χ0n) is 18.1. The summed E-state index contributed by atoms with van der Waals surface area (Å²) in [4.78, 5) is 5.86. The van der Waals surface area contributed by atoms with E-state index in [9.17, 15) is 0 Å². The van der Waals surface area contributed by atoms with Crippen LogP contribution in [0.2, 0.25) is 0 Å². The quantitative estimate of drug-likeness (QED) is 0.644. The topological polar surface area (TPSA) is 6.48 Å². The Bertz CT molecular complexity index is 501. The van der Waals surface area contributed by atoms with Crippen molar-refractivity contribution >= 4 is 0 Å². The summed E-state index contributed by atoms with van der Waals surface area (Å²) in [6.45, 7) is 6.99. The first-order valence-corrected chi connectivity index (χ1v) is 13.1. The minimum atomic E-state index is 0.735. The highest BCUT2D eigenvalue weighted by atomic mass is 15.3. The molecule has 9 fully saturated rings. The second-order valence-electron chi connectivity index (χ2n) is 13.4. The molecule has 156 valence electrons. The van der Waals surface area contributed by atoms with Crippen molar-refractivity contribution in [1.29, 1.82) is 0 Å². The summed E-state index contributed by atoms with van der Waals surface area (Å²) in [5.41, 5.74) is 1.47. The van der Waals surface area contributed by atoms with E-state index < -0.39 is 0 Å². The molecule has 9 rings (SSSR count). The Hall–Kier alpha value is -0.0800. The first-order chi connectivity index (χ1) is 13.6. The maximum absolute atomic E-state index is 2.93. The lowest BCUT2D eigenvalue weighted by Crippen LogP contribution is -2.57. The van der Waals surface area contributed by atoms with Gasteiger partial charge in [-0.25, -0.2) is 0 Å². The van der Waals surface area contributed by atoms with E-state index in [4.69, 9.17) is 0 Å². The molecule has 1 heterocycles.